The van der Waals surface area contributed by atoms with E-state index in [0.29, 0.717) is 18.1 Å². The number of aliphatic carboxylic acids is 1. The number of carboxylic acids is 1. The second kappa shape index (κ2) is 10.6. The number of carboxylic acid groups (broad SMARTS) is 1. The van der Waals surface area contributed by atoms with Gasteiger partial charge in [0.15, 0.2) is 5.16 Å². The van der Waals surface area contributed by atoms with Gasteiger partial charge in [-0.2, -0.15) is 0 Å². The predicted octanol–water partition coefficient (Wildman–Crippen LogP) is 6.03. The van der Waals surface area contributed by atoms with E-state index in [-0.39, 0.29) is 11.7 Å². The van der Waals surface area contributed by atoms with Crippen LogP contribution in [0.4, 0.5) is 0 Å². The molecule has 0 aliphatic rings. The van der Waals surface area contributed by atoms with Crippen LogP contribution in [-0.4, -0.2) is 31.6 Å². The van der Waals surface area contributed by atoms with Crippen LogP contribution in [0, 0.1) is 0 Å². The molecule has 0 saturated heterocycles. The Morgan fingerprint density at radius 3 is 2.09 bits per heavy atom. The average Bonchev–Trinajstić information content (AvgIpc) is 3.27. The highest BCUT2D eigenvalue weighted by Crippen LogP contribution is 2.30. The van der Waals surface area contributed by atoms with Gasteiger partial charge >= 0.3 is 5.97 Å². The Hall–Kier alpha value is -3.90. The van der Waals surface area contributed by atoms with Crippen LogP contribution in [-0.2, 0) is 17.8 Å². The maximum absolute atomic E-state index is 11.3. The second-order valence-corrected chi connectivity index (χ2v) is 9.37. The van der Waals surface area contributed by atoms with Crippen LogP contribution < -0.4 is 0 Å². The highest BCUT2D eigenvalue weighted by atomic mass is 32.2. The zero-order valence-corrected chi connectivity index (χ0v) is 19.9. The zero-order chi connectivity index (χ0) is 24.0. The number of fused-ring (bicyclic) bond motifs is 1. The molecule has 0 spiro atoms. The Morgan fingerprint density at radius 2 is 1.43 bits per heavy atom. The molecule has 0 radical (unpaired) electrons. The van der Waals surface area contributed by atoms with Crippen molar-refractivity contribution < 1.29 is 9.90 Å². The Bertz CT molecular complexity index is 1400. The molecule has 0 amide bonds. The van der Waals surface area contributed by atoms with Gasteiger partial charge in [-0.05, 0) is 27.5 Å². The van der Waals surface area contributed by atoms with E-state index < -0.39 is 5.97 Å². The summed E-state index contributed by atoms with van der Waals surface area (Å²) in [4.78, 5) is 11.3. The van der Waals surface area contributed by atoms with E-state index in [9.17, 15) is 9.90 Å². The van der Waals surface area contributed by atoms with Gasteiger partial charge < -0.3 is 9.67 Å². The molecule has 1 aromatic heterocycles. The minimum atomic E-state index is -0.872. The van der Waals surface area contributed by atoms with Gasteiger partial charge in [-0.25, -0.2) is 0 Å². The predicted molar refractivity (Wildman–Crippen MR) is 140 cm³/mol. The molecule has 0 bridgehead atoms. The van der Waals surface area contributed by atoms with E-state index in [4.69, 9.17) is 0 Å². The molecule has 4 aromatic carbocycles. The fourth-order valence-electron chi connectivity index (χ4n) is 4.35. The number of carbonyl (C=O) groups is 1. The van der Waals surface area contributed by atoms with Crippen molar-refractivity contribution in [2.45, 2.75) is 24.0 Å². The summed E-state index contributed by atoms with van der Waals surface area (Å²) in [6, 6.07) is 35.5. The summed E-state index contributed by atoms with van der Waals surface area (Å²) in [6.07, 6.45) is 0.613. The molecule has 0 aliphatic heterocycles. The molecule has 0 unspecified atom stereocenters. The van der Waals surface area contributed by atoms with Crippen molar-refractivity contribution in [2.24, 2.45) is 0 Å². The summed E-state index contributed by atoms with van der Waals surface area (Å²) in [5, 5.41) is 21.2. The van der Waals surface area contributed by atoms with Gasteiger partial charge in [0, 0.05) is 18.9 Å². The Labute approximate surface area is 208 Å². The first kappa shape index (κ1) is 22.9. The van der Waals surface area contributed by atoms with Crippen LogP contribution >= 0.6 is 11.8 Å². The van der Waals surface area contributed by atoms with Gasteiger partial charge in [0.1, 0.15) is 5.82 Å². The van der Waals surface area contributed by atoms with Crippen molar-refractivity contribution in [3.05, 3.63) is 126 Å². The van der Waals surface area contributed by atoms with Crippen LogP contribution in [0.15, 0.2) is 108 Å². The summed E-state index contributed by atoms with van der Waals surface area (Å²) in [7, 11) is 0. The van der Waals surface area contributed by atoms with E-state index in [1.165, 1.54) is 33.7 Å². The minimum Gasteiger partial charge on any atom is -0.481 e. The summed E-state index contributed by atoms with van der Waals surface area (Å²) >= 11 is 1.21. The summed E-state index contributed by atoms with van der Waals surface area (Å²) in [5.41, 5.74) is 3.53. The van der Waals surface area contributed by atoms with Crippen LogP contribution in [0.2, 0.25) is 0 Å². The first-order valence-electron chi connectivity index (χ1n) is 11.5. The number of rotatable bonds is 9. The number of hydrogen-bond donors (Lipinski definition) is 1. The lowest BCUT2D eigenvalue weighted by atomic mass is 9.91. The lowest BCUT2D eigenvalue weighted by molar-refractivity contribution is -0.133. The van der Waals surface area contributed by atoms with Gasteiger partial charge in [-0.1, -0.05) is 115 Å². The molecule has 0 atom stereocenters. The quantitative estimate of drug-likeness (QED) is 0.261. The minimum absolute atomic E-state index is 0.0601. The van der Waals surface area contributed by atoms with Crippen molar-refractivity contribution in [3.63, 3.8) is 0 Å². The molecule has 0 fully saturated rings. The van der Waals surface area contributed by atoms with Gasteiger partial charge in [0.25, 0.3) is 0 Å². The Balaban J connectivity index is 1.53. The van der Waals surface area contributed by atoms with E-state index in [1.54, 1.807) is 0 Å². The number of aromatic nitrogens is 3. The molecule has 6 heteroatoms. The molecule has 0 aliphatic carbocycles. The first-order chi connectivity index (χ1) is 17.2. The average molecular weight is 480 g/mol. The van der Waals surface area contributed by atoms with Crippen molar-refractivity contribution in [3.8, 4) is 0 Å². The fraction of sp³-hybridized carbons (Fsp3) is 0.138. The topological polar surface area (TPSA) is 68.0 Å². The molecular formula is C29H25N3O2S. The van der Waals surface area contributed by atoms with Crippen LogP contribution in [0.25, 0.3) is 10.8 Å². The number of benzene rings is 4. The van der Waals surface area contributed by atoms with Gasteiger partial charge in [-0.3, -0.25) is 4.79 Å². The number of nitrogens with zero attached hydrogens (tertiary/aromatic N) is 3. The zero-order valence-electron chi connectivity index (χ0n) is 19.1. The van der Waals surface area contributed by atoms with E-state index in [2.05, 4.69) is 69.4 Å². The van der Waals surface area contributed by atoms with Crippen LogP contribution in [0.1, 0.15) is 28.4 Å². The Morgan fingerprint density at radius 1 is 0.800 bits per heavy atom. The number of hydrogen-bond acceptors (Lipinski definition) is 4. The maximum Gasteiger partial charge on any atom is 0.313 e. The monoisotopic (exact) mass is 479 g/mol. The lowest BCUT2D eigenvalue weighted by Crippen LogP contribution is -2.15. The van der Waals surface area contributed by atoms with Crippen molar-refractivity contribution in [2.75, 3.05) is 5.75 Å². The smallest absolute Gasteiger partial charge is 0.313 e. The third kappa shape index (κ3) is 5.44. The van der Waals surface area contributed by atoms with Gasteiger partial charge in [0.05, 0.1) is 5.75 Å². The maximum atomic E-state index is 11.3. The lowest BCUT2D eigenvalue weighted by Gasteiger charge is -2.21. The van der Waals surface area contributed by atoms with Gasteiger partial charge in [-0.15, -0.1) is 10.2 Å². The van der Waals surface area contributed by atoms with Crippen molar-refractivity contribution in [1.29, 1.82) is 0 Å². The molecular weight excluding hydrogens is 454 g/mol. The third-order valence-corrected chi connectivity index (χ3v) is 7.01. The molecule has 5 aromatic rings. The van der Waals surface area contributed by atoms with E-state index in [1.807, 2.05) is 48.5 Å². The molecule has 174 valence electrons. The van der Waals surface area contributed by atoms with Gasteiger partial charge in [0.2, 0.25) is 0 Å². The molecule has 5 nitrogen and oxygen atoms in total. The Kier molecular flexibility index (Phi) is 6.91. The van der Waals surface area contributed by atoms with Crippen molar-refractivity contribution in [1.82, 2.24) is 14.8 Å². The molecule has 5 rings (SSSR count). The molecule has 1 heterocycles. The van der Waals surface area contributed by atoms with E-state index >= 15 is 0 Å². The first-order valence-corrected chi connectivity index (χ1v) is 12.5. The SMILES string of the molecule is O=C(O)CSc1nnc(Cc2ccc3ccccc3c2)n1CC(c1ccccc1)c1ccccc1. The molecule has 35 heavy (non-hydrogen) atoms. The molecule has 1 N–H and O–H groups in total. The summed E-state index contributed by atoms with van der Waals surface area (Å²) in [6.45, 7) is 0.617. The number of thioether (sulfide) groups is 1. The largest absolute Gasteiger partial charge is 0.481 e. The van der Waals surface area contributed by atoms with Crippen LogP contribution in [0.3, 0.4) is 0 Å². The van der Waals surface area contributed by atoms with Crippen LogP contribution in [0.5, 0.6) is 0 Å². The van der Waals surface area contributed by atoms with Crippen molar-refractivity contribution >= 4 is 28.5 Å². The normalized spacial score (nSPS) is 11.2. The molecule has 0 saturated carbocycles. The van der Waals surface area contributed by atoms with E-state index in [0.717, 1.165) is 11.4 Å². The second-order valence-electron chi connectivity index (χ2n) is 8.42. The fourth-order valence-corrected chi connectivity index (χ4v) is 5.04. The highest BCUT2D eigenvalue weighted by Gasteiger charge is 2.21. The highest BCUT2D eigenvalue weighted by molar-refractivity contribution is 7.99. The third-order valence-electron chi connectivity index (χ3n) is 6.06. The standard InChI is InChI=1S/C29H25N3O2S/c33-28(34)20-35-29-31-30-27(18-21-15-16-22-9-7-8-14-25(22)17-21)32(29)19-26(23-10-3-1-4-11-23)24-12-5-2-6-13-24/h1-17,26H,18-20H2,(H,33,34). The summed E-state index contributed by atoms with van der Waals surface area (Å²) in [5.74, 6) is -0.0311. The summed E-state index contributed by atoms with van der Waals surface area (Å²) < 4.78 is 2.09.